The number of likely N-dealkylation sites (tertiary alicyclic amines) is 1. The Bertz CT molecular complexity index is 348. The van der Waals surface area contributed by atoms with Crippen LogP contribution < -0.4 is 5.73 Å². The summed E-state index contributed by atoms with van der Waals surface area (Å²) in [7, 11) is 0. The highest BCUT2D eigenvalue weighted by molar-refractivity contribution is 5.76. The minimum Gasteiger partial charge on any atom is -0.469 e. The third-order valence-electron chi connectivity index (χ3n) is 3.38. The number of hydrogen-bond donors (Lipinski definition) is 1. The zero-order valence-corrected chi connectivity index (χ0v) is 10.1. The average molecular weight is 236 g/mol. The van der Waals surface area contributed by atoms with Crippen LogP contribution in [0.3, 0.4) is 0 Å². The predicted molar refractivity (Wildman–Crippen MR) is 65.4 cm³/mol. The molecule has 17 heavy (non-hydrogen) atoms. The van der Waals surface area contributed by atoms with Crippen LogP contribution in [0, 0.1) is 5.92 Å². The number of nitrogens with zero attached hydrogens (tertiary/aromatic N) is 1. The third-order valence-corrected chi connectivity index (χ3v) is 3.38. The van der Waals surface area contributed by atoms with Crippen molar-refractivity contribution < 1.29 is 9.21 Å². The molecule has 1 aromatic heterocycles. The van der Waals surface area contributed by atoms with E-state index in [1.165, 1.54) is 0 Å². The Morgan fingerprint density at radius 2 is 2.47 bits per heavy atom. The number of aryl methyl sites for hydroxylation is 1. The normalized spacial score (nSPS) is 19.8. The van der Waals surface area contributed by atoms with Gasteiger partial charge in [-0.05, 0) is 37.4 Å². The summed E-state index contributed by atoms with van der Waals surface area (Å²) in [4.78, 5) is 13.9. The summed E-state index contributed by atoms with van der Waals surface area (Å²) in [6.07, 6.45) is 5.02. The first kappa shape index (κ1) is 12.2. The van der Waals surface area contributed by atoms with E-state index in [4.69, 9.17) is 10.2 Å². The summed E-state index contributed by atoms with van der Waals surface area (Å²) >= 11 is 0. The topological polar surface area (TPSA) is 59.5 Å². The number of amides is 1. The molecule has 4 heteroatoms. The van der Waals surface area contributed by atoms with E-state index < -0.39 is 0 Å². The van der Waals surface area contributed by atoms with Crippen molar-refractivity contribution in [2.45, 2.75) is 25.7 Å². The van der Waals surface area contributed by atoms with Gasteiger partial charge in [0.05, 0.1) is 6.26 Å². The molecule has 1 fully saturated rings. The van der Waals surface area contributed by atoms with Crippen molar-refractivity contribution in [1.29, 1.82) is 0 Å². The Hall–Kier alpha value is -1.29. The summed E-state index contributed by atoms with van der Waals surface area (Å²) < 4.78 is 5.22. The lowest BCUT2D eigenvalue weighted by Gasteiger charge is -2.16. The second kappa shape index (κ2) is 5.87. The van der Waals surface area contributed by atoms with E-state index >= 15 is 0 Å². The molecule has 0 aliphatic carbocycles. The van der Waals surface area contributed by atoms with Crippen LogP contribution in [0.5, 0.6) is 0 Å². The Morgan fingerprint density at radius 1 is 1.59 bits per heavy atom. The molecule has 1 aliphatic heterocycles. The maximum atomic E-state index is 11.9. The van der Waals surface area contributed by atoms with Crippen molar-refractivity contribution in [3.8, 4) is 0 Å². The first-order valence-corrected chi connectivity index (χ1v) is 6.30. The number of furan rings is 1. The van der Waals surface area contributed by atoms with Crippen LogP contribution in [0.4, 0.5) is 0 Å². The first-order chi connectivity index (χ1) is 8.29. The maximum Gasteiger partial charge on any atom is 0.223 e. The van der Waals surface area contributed by atoms with E-state index in [1.54, 1.807) is 6.26 Å². The molecular formula is C13H20N2O2. The van der Waals surface area contributed by atoms with Gasteiger partial charge >= 0.3 is 0 Å². The number of hydrogen-bond acceptors (Lipinski definition) is 3. The Kier molecular flexibility index (Phi) is 4.20. The number of carbonyl (C=O) groups is 1. The van der Waals surface area contributed by atoms with Crippen LogP contribution in [0.1, 0.15) is 25.0 Å². The van der Waals surface area contributed by atoms with Crippen molar-refractivity contribution >= 4 is 5.91 Å². The zero-order valence-electron chi connectivity index (χ0n) is 10.1. The molecule has 0 radical (unpaired) electrons. The third kappa shape index (κ3) is 3.33. The van der Waals surface area contributed by atoms with Crippen molar-refractivity contribution in [2.24, 2.45) is 11.7 Å². The highest BCUT2D eigenvalue weighted by Crippen LogP contribution is 2.20. The maximum absolute atomic E-state index is 11.9. The fourth-order valence-electron chi connectivity index (χ4n) is 2.37. The van der Waals surface area contributed by atoms with Crippen molar-refractivity contribution in [3.05, 3.63) is 24.2 Å². The number of carbonyl (C=O) groups excluding carboxylic acids is 1. The summed E-state index contributed by atoms with van der Waals surface area (Å²) in [6.45, 7) is 2.49. The van der Waals surface area contributed by atoms with Gasteiger partial charge in [0.25, 0.3) is 0 Å². The molecular weight excluding hydrogens is 216 g/mol. The van der Waals surface area contributed by atoms with E-state index in [0.717, 1.165) is 38.2 Å². The minimum absolute atomic E-state index is 0.237. The first-order valence-electron chi connectivity index (χ1n) is 6.30. The zero-order chi connectivity index (χ0) is 12.1. The molecule has 0 spiro atoms. The molecule has 1 aliphatic rings. The standard InChI is InChI=1S/C13H20N2O2/c14-7-5-11-6-8-15(10-11)13(16)4-3-12-2-1-9-17-12/h1-2,9,11H,3-8,10,14H2. The van der Waals surface area contributed by atoms with E-state index in [0.29, 0.717) is 18.8 Å². The molecule has 0 saturated carbocycles. The Labute approximate surface area is 102 Å². The molecule has 1 atom stereocenters. The highest BCUT2D eigenvalue weighted by Gasteiger charge is 2.25. The molecule has 0 bridgehead atoms. The monoisotopic (exact) mass is 236 g/mol. The SMILES string of the molecule is NCCC1CCN(C(=O)CCc2ccco2)C1. The second-order valence-electron chi connectivity index (χ2n) is 4.65. The van der Waals surface area contributed by atoms with E-state index in [9.17, 15) is 4.79 Å². The van der Waals surface area contributed by atoms with Crippen molar-refractivity contribution in [2.75, 3.05) is 19.6 Å². The summed E-state index contributed by atoms with van der Waals surface area (Å²) in [5, 5.41) is 0. The van der Waals surface area contributed by atoms with Gasteiger partial charge in [-0.25, -0.2) is 0 Å². The molecule has 1 saturated heterocycles. The Balaban J connectivity index is 1.73. The highest BCUT2D eigenvalue weighted by atomic mass is 16.3. The van der Waals surface area contributed by atoms with Crippen LogP contribution in [0.15, 0.2) is 22.8 Å². The van der Waals surface area contributed by atoms with E-state index in [2.05, 4.69) is 0 Å². The minimum atomic E-state index is 0.237. The number of nitrogens with two attached hydrogens (primary N) is 1. The van der Waals surface area contributed by atoms with Gasteiger partial charge in [0, 0.05) is 25.9 Å². The van der Waals surface area contributed by atoms with Gasteiger partial charge < -0.3 is 15.1 Å². The lowest BCUT2D eigenvalue weighted by atomic mass is 10.1. The van der Waals surface area contributed by atoms with Crippen LogP contribution in [-0.2, 0) is 11.2 Å². The molecule has 0 aromatic carbocycles. The van der Waals surface area contributed by atoms with Crippen LogP contribution in [0.25, 0.3) is 0 Å². The van der Waals surface area contributed by atoms with E-state index in [1.807, 2.05) is 17.0 Å². The lowest BCUT2D eigenvalue weighted by Crippen LogP contribution is -2.29. The van der Waals surface area contributed by atoms with Crippen LogP contribution in [0.2, 0.25) is 0 Å². The summed E-state index contributed by atoms with van der Waals surface area (Å²) in [6, 6.07) is 3.77. The molecule has 2 N–H and O–H groups in total. The quantitative estimate of drug-likeness (QED) is 0.841. The van der Waals surface area contributed by atoms with Crippen molar-refractivity contribution in [1.82, 2.24) is 4.90 Å². The summed E-state index contributed by atoms with van der Waals surface area (Å²) in [5.74, 6) is 1.73. The van der Waals surface area contributed by atoms with Gasteiger partial charge in [-0.2, -0.15) is 0 Å². The van der Waals surface area contributed by atoms with Crippen LogP contribution in [-0.4, -0.2) is 30.4 Å². The van der Waals surface area contributed by atoms with Crippen molar-refractivity contribution in [3.63, 3.8) is 0 Å². The van der Waals surface area contributed by atoms with Gasteiger partial charge in [0.1, 0.15) is 5.76 Å². The Morgan fingerprint density at radius 3 is 3.18 bits per heavy atom. The van der Waals surface area contributed by atoms with Gasteiger partial charge in [0.15, 0.2) is 0 Å². The molecule has 1 aromatic rings. The average Bonchev–Trinajstić information content (AvgIpc) is 2.97. The van der Waals surface area contributed by atoms with Gasteiger partial charge in [-0.15, -0.1) is 0 Å². The smallest absolute Gasteiger partial charge is 0.223 e. The van der Waals surface area contributed by atoms with Gasteiger partial charge in [-0.3, -0.25) is 4.79 Å². The molecule has 1 unspecified atom stereocenters. The molecule has 2 rings (SSSR count). The molecule has 4 nitrogen and oxygen atoms in total. The van der Waals surface area contributed by atoms with E-state index in [-0.39, 0.29) is 5.91 Å². The predicted octanol–water partition coefficient (Wildman–Crippen LogP) is 1.41. The summed E-state index contributed by atoms with van der Waals surface area (Å²) in [5.41, 5.74) is 5.54. The number of rotatable bonds is 5. The fourth-order valence-corrected chi connectivity index (χ4v) is 2.37. The molecule has 2 heterocycles. The van der Waals surface area contributed by atoms with Crippen LogP contribution >= 0.6 is 0 Å². The fraction of sp³-hybridized carbons (Fsp3) is 0.615. The van der Waals surface area contributed by atoms with Gasteiger partial charge in [-0.1, -0.05) is 0 Å². The molecule has 1 amide bonds. The molecule has 94 valence electrons. The largest absolute Gasteiger partial charge is 0.469 e. The second-order valence-corrected chi connectivity index (χ2v) is 4.65. The lowest BCUT2D eigenvalue weighted by molar-refractivity contribution is -0.130. The van der Waals surface area contributed by atoms with Gasteiger partial charge in [0.2, 0.25) is 5.91 Å².